The predicted molar refractivity (Wildman–Crippen MR) is 270 cm³/mol. The van der Waals surface area contributed by atoms with Gasteiger partial charge in [0.15, 0.2) is 17.1 Å². The number of benzene rings is 3. The third-order valence-corrected chi connectivity index (χ3v) is 14.1. The lowest BCUT2D eigenvalue weighted by molar-refractivity contribution is 0.0684. The van der Waals surface area contributed by atoms with E-state index in [1.54, 1.807) is 0 Å². The zero-order valence-corrected chi connectivity index (χ0v) is 42.4. The van der Waals surface area contributed by atoms with Gasteiger partial charge in [-0.15, -0.1) is 0 Å². The summed E-state index contributed by atoms with van der Waals surface area (Å²) in [6.45, 7) is 0. The maximum absolute atomic E-state index is 12.7. The summed E-state index contributed by atoms with van der Waals surface area (Å²) in [5, 5.41) is 49.3. The van der Waals surface area contributed by atoms with Crippen LogP contribution in [0.25, 0.3) is 0 Å². The number of halogens is 1. The van der Waals surface area contributed by atoms with Crippen molar-refractivity contribution in [1.29, 1.82) is 0 Å². The number of nitrogens with one attached hydrogen (secondary N) is 3. The van der Waals surface area contributed by atoms with E-state index >= 15 is 0 Å². The maximum atomic E-state index is 12.7. The lowest BCUT2D eigenvalue weighted by Gasteiger charge is -2.21. The fraction of sp³-hybridized carbons (Fsp3) is 0.434. The summed E-state index contributed by atoms with van der Waals surface area (Å²) < 4.78 is 34.4. The first-order valence-corrected chi connectivity index (χ1v) is 27.5. The molecule has 0 fully saturated rings. The first-order chi connectivity index (χ1) is 35.1. The molecule has 20 heteroatoms. The van der Waals surface area contributed by atoms with Crippen molar-refractivity contribution in [2.75, 3.05) is 13.3 Å². The number of carbonyl (C=O) groups is 3. The number of aromatic carboxylic acids is 1. The number of carboxylic acid groups (broad SMARTS) is 1. The molecule has 3 aromatic carbocycles. The number of carbonyl (C=O) groups excluding carboxylic acids is 2. The lowest BCUT2D eigenvalue weighted by atomic mass is 9.96. The highest BCUT2D eigenvalue weighted by Gasteiger charge is 2.36. The minimum Gasteiger partial charge on any atom is -0.476 e. The Morgan fingerprint density at radius 3 is 1.42 bits per heavy atom. The first kappa shape index (κ1) is 53.1. The number of aliphatic hydroxyl groups is 2. The molecule has 0 aliphatic heterocycles. The molecule has 18 nitrogen and oxygen atoms in total. The van der Waals surface area contributed by atoms with Crippen LogP contribution >= 0.6 is 10.7 Å². The van der Waals surface area contributed by atoms with Crippen LogP contribution in [0.4, 0.5) is 0 Å². The molecule has 3 aromatic heterocycles. The Morgan fingerprint density at radius 2 is 0.959 bits per heavy atom. The van der Waals surface area contributed by atoms with Crippen LogP contribution in [0.15, 0.2) is 86.4 Å². The van der Waals surface area contributed by atoms with Crippen molar-refractivity contribution in [3.05, 3.63) is 157 Å². The number of aryl methyl sites for hydroxylation is 3. The zero-order chi connectivity index (χ0) is 51.8. The fourth-order valence-corrected chi connectivity index (χ4v) is 10.5. The van der Waals surface area contributed by atoms with Gasteiger partial charge in [-0.1, -0.05) is 88.3 Å². The highest BCUT2D eigenvalue weighted by Crippen LogP contribution is 2.34. The number of carboxylic acids is 1. The lowest BCUT2D eigenvalue weighted by Crippen LogP contribution is -2.40. The van der Waals surface area contributed by atoms with Crippen LogP contribution in [-0.4, -0.2) is 88.5 Å². The molecule has 73 heavy (non-hydrogen) atoms. The minimum atomic E-state index is -3.19. The van der Waals surface area contributed by atoms with Gasteiger partial charge in [-0.25, -0.2) is 13.2 Å². The average molecular weight is 1040 g/mol. The van der Waals surface area contributed by atoms with Crippen molar-refractivity contribution in [1.82, 2.24) is 31.4 Å². The Balaban J connectivity index is 0.000000131. The third-order valence-electron chi connectivity index (χ3n) is 14.1. The highest BCUT2D eigenvalue weighted by atomic mass is 35.7. The number of aliphatic hydroxyl groups excluding tert-OH is 2. The average Bonchev–Trinajstić information content (AvgIpc) is 4.25. The molecule has 0 spiro atoms. The van der Waals surface area contributed by atoms with E-state index in [9.17, 15) is 33.0 Å². The van der Waals surface area contributed by atoms with Gasteiger partial charge in [-0.2, -0.15) is 0 Å². The SMILES string of the molecule is CN[C@H]1Cc2ccccc2[C@@H]1NC(=O)c1noc2c1CCCC2.CS(=O)(=O)Cl.N[C@H]1c2ccccc2C[C@H]1O.O=C(N[C@H]1c2ccccc2C[C@H]1O)c1noc2c1CCCC2.O=C(O)c1noc2c1CCCC2. The molecular weight excluding hydrogens is 978 g/mol. The maximum Gasteiger partial charge on any atom is 0.358 e. The first-order valence-electron chi connectivity index (χ1n) is 24.8. The number of aromatic nitrogens is 3. The van der Waals surface area contributed by atoms with E-state index in [1.807, 2.05) is 67.7 Å². The van der Waals surface area contributed by atoms with Gasteiger partial charge in [-0.3, -0.25) is 9.59 Å². The molecule has 6 aromatic rings. The number of hydrogen-bond donors (Lipinski definition) is 7. The van der Waals surface area contributed by atoms with E-state index in [4.69, 9.17) is 24.4 Å². The van der Waals surface area contributed by atoms with Gasteiger partial charge in [0, 0.05) is 65.5 Å². The quantitative estimate of drug-likeness (QED) is 0.0921. The molecule has 12 rings (SSSR count). The van der Waals surface area contributed by atoms with Gasteiger partial charge in [0.25, 0.3) is 11.8 Å². The fourth-order valence-electron chi connectivity index (χ4n) is 10.5. The molecule has 0 saturated heterocycles. The highest BCUT2D eigenvalue weighted by molar-refractivity contribution is 8.13. The number of likely N-dealkylation sites (N-methyl/N-ethyl adjacent to an activating group) is 1. The Hall–Kier alpha value is -6.22. The van der Waals surface area contributed by atoms with E-state index in [0.717, 1.165) is 140 Å². The molecule has 8 N–H and O–H groups in total. The van der Waals surface area contributed by atoms with Crippen molar-refractivity contribution < 1.29 is 51.7 Å². The number of hydrogen-bond acceptors (Lipinski definition) is 15. The third kappa shape index (κ3) is 12.8. The van der Waals surface area contributed by atoms with Crippen LogP contribution in [-0.2, 0) is 66.8 Å². The van der Waals surface area contributed by atoms with Crippen LogP contribution in [0.5, 0.6) is 0 Å². The molecule has 0 radical (unpaired) electrons. The van der Waals surface area contributed by atoms with E-state index in [2.05, 4.69) is 54.2 Å². The number of amides is 2. The van der Waals surface area contributed by atoms with E-state index in [1.165, 1.54) is 16.7 Å². The van der Waals surface area contributed by atoms with Crippen molar-refractivity contribution in [2.24, 2.45) is 5.73 Å². The second kappa shape index (κ2) is 23.8. The molecule has 2 amide bonds. The topological polar surface area (TPSA) is 286 Å². The molecule has 0 saturated carbocycles. The molecule has 388 valence electrons. The van der Waals surface area contributed by atoms with E-state index < -0.39 is 21.1 Å². The largest absolute Gasteiger partial charge is 0.476 e. The smallest absolute Gasteiger partial charge is 0.358 e. The van der Waals surface area contributed by atoms with Gasteiger partial charge < -0.3 is 50.6 Å². The van der Waals surface area contributed by atoms with Crippen molar-refractivity contribution in [2.45, 2.75) is 133 Å². The summed E-state index contributed by atoms with van der Waals surface area (Å²) >= 11 is 0. The monoisotopic (exact) mass is 1040 g/mol. The summed E-state index contributed by atoms with van der Waals surface area (Å²) in [5.41, 5.74) is 16.3. The molecule has 6 aliphatic carbocycles. The van der Waals surface area contributed by atoms with Gasteiger partial charge in [0.1, 0.15) is 17.3 Å². The molecule has 3 heterocycles. The molecule has 0 unspecified atom stereocenters. The van der Waals surface area contributed by atoms with Crippen molar-refractivity contribution in [3.63, 3.8) is 0 Å². The van der Waals surface area contributed by atoms with E-state index in [0.29, 0.717) is 24.2 Å². The van der Waals surface area contributed by atoms with Crippen LogP contribution in [0.1, 0.15) is 155 Å². The Kier molecular flexibility index (Phi) is 17.3. The van der Waals surface area contributed by atoms with E-state index in [-0.39, 0.29) is 47.8 Å². The summed E-state index contributed by atoms with van der Waals surface area (Å²) in [5.74, 6) is 1.12. The summed E-state index contributed by atoms with van der Waals surface area (Å²) in [6, 6.07) is 23.7. The van der Waals surface area contributed by atoms with Crippen LogP contribution < -0.4 is 21.7 Å². The zero-order valence-electron chi connectivity index (χ0n) is 40.8. The van der Waals surface area contributed by atoms with Crippen molar-refractivity contribution >= 4 is 37.5 Å². The summed E-state index contributed by atoms with van der Waals surface area (Å²) in [4.78, 5) is 35.9. The Bertz CT molecular complexity index is 3020. The molecular formula is C53H62ClN7O11S. The van der Waals surface area contributed by atoms with Gasteiger partial charge in [0.2, 0.25) is 9.05 Å². The van der Waals surface area contributed by atoms with Gasteiger partial charge >= 0.3 is 5.97 Å². The summed E-state index contributed by atoms with van der Waals surface area (Å²) in [6.07, 6.45) is 13.7. The minimum absolute atomic E-state index is 0.0281. The van der Waals surface area contributed by atoms with Crippen LogP contribution in [0, 0.1) is 0 Å². The predicted octanol–water partition coefficient (Wildman–Crippen LogP) is 6.15. The normalized spacial score (nSPS) is 21.7. The second-order valence-corrected chi connectivity index (χ2v) is 22.1. The standard InChI is InChI=1S/C18H21N3O2.C17H18N2O3.C9H11NO.C8H9NO3.CH3ClO2S/c1-19-14-10-11-6-2-3-7-12(11)16(14)20-18(22)17-13-8-4-5-9-15(13)23-21-17;20-13-9-10-5-1-2-6-11(10)15(13)18-17(21)16-12-7-3-4-8-14(12)22-19-16;10-9-7-4-2-1-3-6(7)5-8(9)11;10-8(11)7-5-3-1-2-4-6(5)12-9-7;1-5(2,3)4/h2-3,6-7,14,16,19H,4-5,8-10H2,1H3,(H,20,22);1-2,5-6,13,15,20H,3-4,7-9H2,(H,18,21);1-4,8-9,11H,5,10H2;1-4H2,(H,10,11);1H3/t14-,16-;13-,15+;8-,9+;;/m011../s1. The molecule has 6 atom stereocenters. The number of nitrogens with two attached hydrogens (primary N) is 1. The van der Waals surface area contributed by atoms with Crippen molar-refractivity contribution in [3.8, 4) is 0 Å². The number of rotatable bonds is 6. The van der Waals surface area contributed by atoms with Gasteiger partial charge in [-0.05, 0) is 105 Å². The number of fused-ring (bicyclic) bond motifs is 6. The van der Waals surface area contributed by atoms with Gasteiger partial charge in [0.05, 0.1) is 36.6 Å². The Labute approximate surface area is 427 Å². The molecule has 0 bridgehead atoms. The summed E-state index contributed by atoms with van der Waals surface area (Å²) in [7, 11) is 3.25. The molecule has 6 aliphatic rings. The second-order valence-electron chi connectivity index (χ2n) is 19.1. The number of nitrogens with zero attached hydrogens (tertiary/aromatic N) is 3. The Morgan fingerprint density at radius 1 is 0.589 bits per heavy atom. The van der Waals surface area contributed by atoms with Crippen LogP contribution in [0.2, 0.25) is 0 Å². The van der Waals surface area contributed by atoms with Crippen LogP contribution in [0.3, 0.4) is 0 Å².